The Morgan fingerprint density at radius 1 is 1.08 bits per heavy atom. The quantitative estimate of drug-likeness (QED) is 0.238. The van der Waals surface area contributed by atoms with Gasteiger partial charge in [0.05, 0.1) is 42.4 Å². The summed E-state index contributed by atoms with van der Waals surface area (Å²) in [7, 11) is 0. The summed E-state index contributed by atoms with van der Waals surface area (Å²) in [4.78, 5) is 25.4. The highest BCUT2D eigenvalue weighted by Crippen LogP contribution is 2.35. The molecule has 36 heavy (non-hydrogen) atoms. The number of carbonyl (C=O) groups is 2. The molecule has 0 aliphatic carbocycles. The van der Waals surface area contributed by atoms with Crippen LogP contribution in [0.15, 0.2) is 18.2 Å². The Balaban J connectivity index is 1.85. The molecule has 0 fully saturated rings. The fraction of sp³-hybridized carbons (Fsp3) is 0.333. The lowest BCUT2D eigenvalue weighted by Gasteiger charge is -2.12. The summed E-state index contributed by atoms with van der Waals surface area (Å²) in [5, 5.41) is 12.5. The molecule has 0 aliphatic rings. The van der Waals surface area contributed by atoms with E-state index in [1.54, 1.807) is 32.9 Å². The van der Waals surface area contributed by atoms with Crippen LogP contribution in [-0.2, 0) is 16.0 Å². The first-order chi connectivity index (χ1) is 17.1. The van der Waals surface area contributed by atoms with Crippen LogP contribution in [0.2, 0.25) is 10.0 Å². The zero-order valence-electron chi connectivity index (χ0n) is 20.5. The van der Waals surface area contributed by atoms with Crippen molar-refractivity contribution in [2.24, 2.45) is 0 Å². The van der Waals surface area contributed by atoms with E-state index >= 15 is 0 Å². The van der Waals surface area contributed by atoms with Crippen LogP contribution in [0.1, 0.15) is 56.4 Å². The van der Waals surface area contributed by atoms with E-state index in [0.717, 1.165) is 28.3 Å². The van der Waals surface area contributed by atoms with Crippen molar-refractivity contribution in [1.29, 1.82) is 0 Å². The molecule has 2 aromatic heterocycles. The summed E-state index contributed by atoms with van der Waals surface area (Å²) in [6.45, 7) is 9.74. The summed E-state index contributed by atoms with van der Waals surface area (Å²) in [6, 6.07) is 5.33. The van der Waals surface area contributed by atoms with Crippen molar-refractivity contribution in [2.45, 2.75) is 41.2 Å². The first-order valence-electron chi connectivity index (χ1n) is 11.1. The second-order valence-electron chi connectivity index (χ2n) is 7.72. The molecule has 0 bridgehead atoms. The molecule has 0 amide bonds. The number of carbonyl (C=O) groups excluding carboxylic acids is 2. The molecule has 0 spiro atoms. The van der Waals surface area contributed by atoms with E-state index in [1.165, 1.54) is 0 Å². The monoisotopic (exact) mass is 568 g/mol. The number of hydrogen-bond donors (Lipinski definition) is 2. The van der Waals surface area contributed by atoms with Crippen molar-refractivity contribution in [3.63, 3.8) is 0 Å². The number of ether oxygens (including phenoxy) is 2. The van der Waals surface area contributed by atoms with Crippen LogP contribution < -0.4 is 10.6 Å². The maximum absolute atomic E-state index is 12.6. The third kappa shape index (κ3) is 6.18. The van der Waals surface area contributed by atoms with Crippen molar-refractivity contribution in [2.75, 3.05) is 23.8 Å². The Labute approximate surface area is 228 Å². The summed E-state index contributed by atoms with van der Waals surface area (Å²) in [5.74, 6) is -1.06. The molecule has 8 nitrogen and oxygen atoms in total. The molecule has 2 heterocycles. The van der Waals surface area contributed by atoms with Gasteiger partial charge in [-0.2, -0.15) is 5.10 Å². The van der Waals surface area contributed by atoms with Gasteiger partial charge in [-0.3, -0.25) is 4.68 Å². The zero-order chi connectivity index (χ0) is 26.6. The molecule has 0 saturated carbocycles. The van der Waals surface area contributed by atoms with Crippen LogP contribution in [0.5, 0.6) is 0 Å². The normalized spacial score (nSPS) is 10.8. The van der Waals surface area contributed by atoms with Crippen LogP contribution in [0, 0.1) is 20.8 Å². The first-order valence-corrected chi connectivity index (χ1v) is 13.1. The molecule has 0 saturated heterocycles. The van der Waals surface area contributed by atoms with Gasteiger partial charge in [-0.05, 0) is 70.1 Å². The number of anilines is 2. The largest absolute Gasteiger partial charge is 0.462 e. The topological polar surface area (TPSA) is 94.5 Å². The van der Waals surface area contributed by atoms with Gasteiger partial charge in [0.1, 0.15) is 9.88 Å². The summed E-state index contributed by atoms with van der Waals surface area (Å²) < 4.78 is 12.1. The zero-order valence-corrected chi connectivity index (χ0v) is 23.6. The predicted octanol–water partition coefficient (Wildman–Crippen LogP) is 6.39. The molecule has 192 valence electrons. The average molecular weight is 570 g/mol. The Hall–Kier alpha value is -2.66. The molecule has 0 aliphatic heterocycles. The molecule has 0 atom stereocenters. The van der Waals surface area contributed by atoms with Crippen LogP contribution in [0.4, 0.5) is 10.7 Å². The number of aromatic nitrogens is 2. The van der Waals surface area contributed by atoms with Gasteiger partial charge in [0.15, 0.2) is 5.11 Å². The van der Waals surface area contributed by atoms with Gasteiger partial charge < -0.3 is 20.1 Å². The third-order valence-electron chi connectivity index (χ3n) is 5.27. The van der Waals surface area contributed by atoms with Crippen LogP contribution in [0.25, 0.3) is 0 Å². The summed E-state index contributed by atoms with van der Waals surface area (Å²) in [5.41, 5.74) is 3.87. The van der Waals surface area contributed by atoms with Crippen molar-refractivity contribution in [1.82, 2.24) is 9.78 Å². The lowest BCUT2D eigenvalue weighted by molar-refractivity contribution is 0.0527. The van der Waals surface area contributed by atoms with Gasteiger partial charge in [0, 0.05) is 10.0 Å². The summed E-state index contributed by atoms with van der Waals surface area (Å²) >= 11 is 19.0. The van der Waals surface area contributed by atoms with Gasteiger partial charge in [-0.25, -0.2) is 9.59 Å². The number of nitrogens with zero attached hydrogens (tertiary/aromatic N) is 2. The molecule has 3 aromatic rings. The van der Waals surface area contributed by atoms with Gasteiger partial charge in [-0.1, -0.05) is 29.3 Å². The van der Waals surface area contributed by atoms with Gasteiger partial charge in [-0.15, -0.1) is 11.3 Å². The Morgan fingerprint density at radius 2 is 1.75 bits per heavy atom. The predicted molar refractivity (Wildman–Crippen MR) is 148 cm³/mol. The minimum Gasteiger partial charge on any atom is -0.462 e. The van der Waals surface area contributed by atoms with E-state index < -0.39 is 11.9 Å². The fourth-order valence-electron chi connectivity index (χ4n) is 3.53. The lowest BCUT2D eigenvalue weighted by Crippen LogP contribution is -2.21. The third-order valence-corrected chi connectivity index (χ3v) is 7.25. The second kappa shape index (κ2) is 12.1. The number of hydrogen-bond acceptors (Lipinski definition) is 7. The molecular weight excluding hydrogens is 543 g/mol. The van der Waals surface area contributed by atoms with Crippen LogP contribution in [0.3, 0.4) is 0 Å². The standard InChI is InChI=1S/C24H26Cl2N4O4S2/c1-6-33-22(31)18-12(3)20(23(32)34-7-2)36-21(18)28-24(35)27-19-13(4)29-30(14(19)5)11-15-8-9-16(25)10-17(15)26/h8-10H,6-7,11H2,1-5H3,(H2,27,28,35). The van der Waals surface area contributed by atoms with Crippen LogP contribution in [-0.4, -0.2) is 40.0 Å². The van der Waals surface area contributed by atoms with Gasteiger partial charge in [0.2, 0.25) is 0 Å². The maximum atomic E-state index is 12.6. The lowest BCUT2D eigenvalue weighted by atomic mass is 10.1. The average Bonchev–Trinajstić information content (AvgIpc) is 3.26. The number of benzene rings is 1. The van der Waals surface area contributed by atoms with E-state index in [9.17, 15) is 9.59 Å². The summed E-state index contributed by atoms with van der Waals surface area (Å²) in [6.07, 6.45) is 0. The smallest absolute Gasteiger partial charge is 0.348 e. The maximum Gasteiger partial charge on any atom is 0.348 e. The SMILES string of the molecule is CCOC(=O)c1sc(NC(=S)Nc2c(C)nn(Cc3ccc(Cl)cc3Cl)c2C)c(C(=O)OCC)c1C. The minimum absolute atomic E-state index is 0.195. The number of thiocarbonyl (C=S) groups is 1. The first kappa shape index (κ1) is 27.9. The number of esters is 2. The Morgan fingerprint density at radius 3 is 2.39 bits per heavy atom. The molecule has 0 radical (unpaired) electrons. The van der Waals surface area contributed by atoms with E-state index in [-0.39, 0.29) is 23.9 Å². The van der Waals surface area contributed by atoms with Gasteiger partial charge >= 0.3 is 11.9 Å². The van der Waals surface area contributed by atoms with E-state index in [4.69, 9.17) is 44.9 Å². The number of halogens is 2. The number of thiophene rings is 1. The van der Waals surface area contributed by atoms with Crippen LogP contribution >= 0.6 is 46.8 Å². The molecular formula is C24H26Cl2N4O4S2. The highest BCUT2D eigenvalue weighted by molar-refractivity contribution is 7.80. The minimum atomic E-state index is -0.549. The van der Waals surface area contributed by atoms with Crippen molar-refractivity contribution < 1.29 is 19.1 Å². The van der Waals surface area contributed by atoms with E-state index in [1.807, 2.05) is 24.6 Å². The van der Waals surface area contributed by atoms with Crippen molar-refractivity contribution >= 4 is 74.5 Å². The number of rotatable bonds is 8. The molecule has 2 N–H and O–H groups in total. The van der Waals surface area contributed by atoms with Crippen molar-refractivity contribution in [3.05, 3.63) is 61.2 Å². The number of nitrogens with one attached hydrogen (secondary N) is 2. The van der Waals surface area contributed by atoms with Gasteiger partial charge in [0.25, 0.3) is 0 Å². The molecule has 0 unspecified atom stereocenters. The number of aryl methyl sites for hydroxylation is 1. The molecule has 1 aromatic carbocycles. The Kier molecular flexibility index (Phi) is 9.35. The van der Waals surface area contributed by atoms with E-state index in [0.29, 0.717) is 37.7 Å². The molecule has 12 heteroatoms. The van der Waals surface area contributed by atoms with E-state index in [2.05, 4.69) is 15.7 Å². The second-order valence-corrected chi connectivity index (χ2v) is 9.99. The van der Waals surface area contributed by atoms with Crippen molar-refractivity contribution in [3.8, 4) is 0 Å². The highest BCUT2D eigenvalue weighted by Gasteiger charge is 2.27. The highest BCUT2D eigenvalue weighted by atomic mass is 35.5. The molecule has 3 rings (SSSR count). The fourth-order valence-corrected chi connectivity index (χ4v) is 5.36. The Bertz CT molecular complexity index is 1320.